The molecule has 0 saturated carbocycles. The molecule has 1 aromatic heterocycles. The topological polar surface area (TPSA) is 91.7 Å². The maximum Gasteiger partial charge on any atom is 0.325 e. The van der Waals surface area contributed by atoms with Gasteiger partial charge in [0, 0.05) is 11.3 Å². The number of carbonyl (C=O) groups excluding carboxylic acids is 3. The van der Waals surface area contributed by atoms with Gasteiger partial charge in [0.05, 0.1) is 0 Å². The molecular formula is C21H25N3O4. The Morgan fingerprint density at radius 3 is 2.39 bits per heavy atom. The van der Waals surface area contributed by atoms with Crippen molar-refractivity contribution in [2.45, 2.75) is 46.1 Å². The summed E-state index contributed by atoms with van der Waals surface area (Å²) in [5.41, 5.74) is 1.12. The van der Waals surface area contributed by atoms with Crippen molar-refractivity contribution in [3.05, 3.63) is 53.0 Å². The molecule has 0 bridgehead atoms. The van der Waals surface area contributed by atoms with Gasteiger partial charge < -0.3 is 15.1 Å². The molecule has 1 saturated heterocycles. The fraction of sp³-hybridized carbons (Fsp3) is 0.381. The van der Waals surface area contributed by atoms with Crippen LogP contribution in [0.5, 0.6) is 0 Å². The number of nitrogens with zero attached hydrogens (tertiary/aromatic N) is 1. The van der Waals surface area contributed by atoms with Crippen LogP contribution in [0.4, 0.5) is 10.5 Å². The third-order valence-electron chi connectivity index (χ3n) is 5.02. The van der Waals surface area contributed by atoms with Crippen molar-refractivity contribution < 1.29 is 18.8 Å². The van der Waals surface area contributed by atoms with Crippen LogP contribution in [0, 0.1) is 13.8 Å². The smallest absolute Gasteiger partial charge is 0.325 e. The van der Waals surface area contributed by atoms with Crippen LogP contribution in [0.2, 0.25) is 0 Å². The van der Waals surface area contributed by atoms with Crippen molar-refractivity contribution in [2.24, 2.45) is 0 Å². The van der Waals surface area contributed by atoms with Gasteiger partial charge in [-0.2, -0.15) is 0 Å². The summed E-state index contributed by atoms with van der Waals surface area (Å²) in [5, 5.41) is 5.41. The molecule has 7 nitrogen and oxygen atoms in total. The number of amides is 4. The molecule has 1 aromatic carbocycles. The van der Waals surface area contributed by atoms with Crippen LogP contribution in [0.15, 0.2) is 34.7 Å². The Morgan fingerprint density at radius 1 is 1.21 bits per heavy atom. The fourth-order valence-corrected chi connectivity index (χ4v) is 3.45. The number of furan rings is 1. The minimum Gasteiger partial charge on any atom is -0.466 e. The van der Waals surface area contributed by atoms with Gasteiger partial charge in [-0.3, -0.25) is 14.5 Å². The van der Waals surface area contributed by atoms with Crippen molar-refractivity contribution in [1.29, 1.82) is 0 Å². The quantitative estimate of drug-likeness (QED) is 0.774. The highest BCUT2D eigenvalue weighted by Gasteiger charge is 2.51. The first-order valence-corrected chi connectivity index (χ1v) is 9.23. The highest BCUT2D eigenvalue weighted by molar-refractivity contribution is 6.10. The Morgan fingerprint density at radius 2 is 1.86 bits per heavy atom. The van der Waals surface area contributed by atoms with E-state index in [2.05, 4.69) is 24.5 Å². The molecule has 1 aliphatic rings. The number of nitrogens with one attached hydrogen (secondary N) is 2. The second kappa shape index (κ2) is 7.14. The number of anilines is 1. The summed E-state index contributed by atoms with van der Waals surface area (Å²) in [6.45, 7) is 8.95. The van der Waals surface area contributed by atoms with Gasteiger partial charge in [0.1, 0.15) is 23.6 Å². The van der Waals surface area contributed by atoms with Crippen LogP contribution in [0.3, 0.4) is 0 Å². The fourth-order valence-electron chi connectivity index (χ4n) is 3.45. The van der Waals surface area contributed by atoms with E-state index in [1.807, 2.05) is 12.1 Å². The molecule has 1 aliphatic heterocycles. The zero-order valence-electron chi connectivity index (χ0n) is 16.8. The van der Waals surface area contributed by atoms with Crippen LogP contribution < -0.4 is 10.6 Å². The monoisotopic (exact) mass is 383 g/mol. The summed E-state index contributed by atoms with van der Waals surface area (Å²) in [6, 6.07) is 8.62. The number of hydrogen-bond acceptors (Lipinski definition) is 4. The molecular weight excluding hydrogens is 358 g/mol. The predicted molar refractivity (Wildman–Crippen MR) is 105 cm³/mol. The van der Waals surface area contributed by atoms with Gasteiger partial charge in [0.2, 0.25) is 5.91 Å². The zero-order chi connectivity index (χ0) is 20.6. The van der Waals surface area contributed by atoms with Gasteiger partial charge in [-0.05, 0) is 50.5 Å². The molecule has 4 amide bonds. The summed E-state index contributed by atoms with van der Waals surface area (Å²) < 4.78 is 5.50. The van der Waals surface area contributed by atoms with Crippen LogP contribution in [-0.2, 0) is 15.1 Å². The Hall–Kier alpha value is -3.09. The van der Waals surface area contributed by atoms with Crippen molar-refractivity contribution in [3.8, 4) is 0 Å². The minimum atomic E-state index is -1.25. The maximum absolute atomic E-state index is 12.9. The molecule has 1 atom stereocenters. The lowest BCUT2D eigenvalue weighted by Crippen LogP contribution is -2.42. The third-order valence-corrected chi connectivity index (χ3v) is 5.02. The molecule has 3 rings (SSSR count). The summed E-state index contributed by atoms with van der Waals surface area (Å²) >= 11 is 0. The first kappa shape index (κ1) is 19.7. The van der Waals surface area contributed by atoms with E-state index in [4.69, 9.17) is 4.42 Å². The summed E-state index contributed by atoms with van der Waals surface area (Å²) in [7, 11) is 0. The molecule has 148 valence electrons. The molecule has 2 N–H and O–H groups in total. The van der Waals surface area contributed by atoms with Gasteiger partial charge in [-0.1, -0.05) is 26.0 Å². The van der Waals surface area contributed by atoms with Crippen LogP contribution in [0.1, 0.15) is 49.3 Å². The van der Waals surface area contributed by atoms with E-state index in [0.717, 1.165) is 10.5 Å². The van der Waals surface area contributed by atoms with Crippen LogP contribution in [-0.4, -0.2) is 29.3 Å². The van der Waals surface area contributed by atoms with Crippen molar-refractivity contribution in [2.75, 3.05) is 11.9 Å². The van der Waals surface area contributed by atoms with Gasteiger partial charge in [-0.25, -0.2) is 4.79 Å². The average molecular weight is 383 g/mol. The molecule has 7 heteroatoms. The normalized spacial score (nSPS) is 19.3. The molecule has 0 radical (unpaired) electrons. The lowest BCUT2D eigenvalue weighted by molar-refractivity contribution is -0.133. The van der Waals surface area contributed by atoms with Crippen molar-refractivity contribution in [1.82, 2.24) is 10.2 Å². The number of carbonyl (C=O) groups is 3. The van der Waals surface area contributed by atoms with Gasteiger partial charge in [-0.15, -0.1) is 0 Å². The Balaban J connectivity index is 1.72. The molecule has 1 unspecified atom stereocenters. The standard InChI is InChI=1S/C21H25N3O4/c1-12(2)15-6-8-16(9-7-15)22-18(25)11-24-19(26)21(5,23-20(24)27)17-10-13(3)28-14(17)4/h6-10,12H,11H2,1-5H3,(H,22,25)(H,23,27). The van der Waals surface area contributed by atoms with Crippen molar-refractivity contribution in [3.63, 3.8) is 0 Å². The number of rotatable bonds is 5. The number of urea groups is 1. The number of hydrogen-bond donors (Lipinski definition) is 2. The lowest BCUT2D eigenvalue weighted by Gasteiger charge is -2.21. The third kappa shape index (κ3) is 3.52. The Kier molecular flexibility index (Phi) is 5.02. The predicted octanol–water partition coefficient (Wildman–Crippen LogP) is 3.43. The Bertz CT molecular complexity index is 930. The molecule has 0 aliphatic carbocycles. The van der Waals surface area contributed by atoms with Gasteiger partial charge >= 0.3 is 6.03 Å². The largest absolute Gasteiger partial charge is 0.466 e. The molecule has 2 heterocycles. The van der Waals surface area contributed by atoms with Crippen LogP contribution >= 0.6 is 0 Å². The van der Waals surface area contributed by atoms with Gasteiger partial charge in [0.25, 0.3) is 5.91 Å². The number of benzene rings is 1. The number of imide groups is 1. The van der Waals surface area contributed by atoms with E-state index < -0.39 is 23.4 Å². The van der Waals surface area contributed by atoms with E-state index in [1.165, 1.54) is 0 Å². The molecule has 28 heavy (non-hydrogen) atoms. The Labute approximate surface area is 164 Å². The second-order valence-corrected chi connectivity index (χ2v) is 7.60. The first-order chi connectivity index (χ1) is 13.1. The molecule has 1 fully saturated rings. The van der Waals surface area contributed by atoms with E-state index in [1.54, 1.807) is 39.0 Å². The minimum absolute atomic E-state index is 0.359. The van der Waals surface area contributed by atoms with E-state index in [0.29, 0.717) is 28.7 Å². The average Bonchev–Trinajstić information content (AvgIpc) is 3.07. The second-order valence-electron chi connectivity index (χ2n) is 7.60. The van der Waals surface area contributed by atoms with E-state index >= 15 is 0 Å². The summed E-state index contributed by atoms with van der Waals surface area (Å²) in [5.74, 6) is 0.683. The number of aryl methyl sites for hydroxylation is 2. The highest BCUT2D eigenvalue weighted by Crippen LogP contribution is 2.32. The van der Waals surface area contributed by atoms with Crippen molar-refractivity contribution >= 4 is 23.5 Å². The van der Waals surface area contributed by atoms with Crippen LogP contribution in [0.25, 0.3) is 0 Å². The summed E-state index contributed by atoms with van der Waals surface area (Å²) in [6.07, 6.45) is 0. The zero-order valence-corrected chi connectivity index (χ0v) is 16.8. The van der Waals surface area contributed by atoms with E-state index in [-0.39, 0.29) is 6.54 Å². The molecule has 2 aromatic rings. The maximum atomic E-state index is 12.9. The highest BCUT2D eigenvalue weighted by atomic mass is 16.3. The van der Waals surface area contributed by atoms with Gasteiger partial charge in [0.15, 0.2) is 0 Å². The molecule has 0 spiro atoms. The summed E-state index contributed by atoms with van der Waals surface area (Å²) in [4.78, 5) is 38.6. The van der Waals surface area contributed by atoms with E-state index in [9.17, 15) is 14.4 Å². The SMILES string of the molecule is Cc1cc(C2(C)NC(=O)N(CC(=O)Nc3ccc(C(C)C)cc3)C2=O)c(C)o1. The first-order valence-electron chi connectivity index (χ1n) is 9.23. The lowest BCUT2D eigenvalue weighted by atomic mass is 9.92.